The van der Waals surface area contributed by atoms with Crippen molar-refractivity contribution in [2.24, 2.45) is 0 Å². The van der Waals surface area contributed by atoms with Crippen LogP contribution in [0.3, 0.4) is 0 Å². The van der Waals surface area contributed by atoms with Crippen molar-refractivity contribution in [3.05, 3.63) is 87.8 Å². The topological polar surface area (TPSA) is 59.8 Å². The number of nitrogens with zero attached hydrogens (tertiary/aromatic N) is 3. The van der Waals surface area contributed by atoms with Crippen molar-refractivity contribution in [2.45, 2.75) is 52.4 Å². The molecule has 0 saturated carbocycles. The maximum absolute atomic E-state index is 12.3. The molecule has 2 aromatic heterocycles. The van der Waals surface area contributed by atoms with E-state index in [0.717, 1.165) is 49.1 Å². The first-order valence-electron chi connectivity index (χ1n) is 12.0. The van der Waals surface area contributed by atoms with Gasteiger partial charge in [0.05, 0.1) is 5.69 Å². The summed E-state index contributed by atoms with van der Waals surface area (Å²) in [5, 5.41) is 8.93. The van der Waals surface area contributed by atoms with Gasteiger partial charge in [0.1, 0.15) is 0 Å². The number of nitrogens with one attached hydrogen (secondary N) is 1. The first-order chi connectivity index (χ1) is 16.9. The van der Waals surface area contributed by atoms with E-state index in [2.05, 4.69) is 30.2 Å². The fourth-order valence-electron chi connectivity index (χ4n) is 3.76. The minimum Gasteiger partial charge on any atom is -0.356 e. The molecule has 3 rings (SSSR count). The normalized spacial score (nSPS) is 11.8. The van der Waals surface area contributed by atoms with Gasteiger partial charge in [0.15, 0.2) is 0 Å². The second-order valence-corrected chi connectivity index (χ2v) is 9.33. The third-order valence-corrected chi connectivity index (χ3v) is 5.96. The number of amides is 1. The smallest absolute Gasteiger partial charge is 0.220 e. The van der Waals surface area contributed by atoms with Gasteiger partial charge in [0.25, 0.3) is 0 Å². The quantitative estimate of drug-likeness (QED) is 0.208. The molecule has 35 heavy (non-hydrogen) atoms. The lowest BCUT2D eigenvalue weighted by Crippen LogP contribution is -2.24. The summed E-state index contributed by atoms with van der Waals surface area (Å²) in [5.41, 5.74) is 5.10. The highest BCUT2D eigenvalue weighted by atomic mass is 35.5. The fourth-order valence-corrected chi connectivity index (χ4v) is 4.28. The summed E-state index contributed by atoms with van der Waals surface area (Å²) in [4.78, 5) is 16.4. The largest absolute Gasteiger partial charge is 0.356 e. The number of hydrogen-bond acceptors (Lipinski definition) is 3. The number of pyridine rings is 1. The summed E-state index contributed by atoms with van der Waals surface area (Å²) >= 11 is 12.4. The summed E-state index contributed by atoms with van der Waals surface area (Å²) in [6.07, 6.45) is 14.5. The number of rotatable bonds is 12. The molecular weight excluding hydrogens is 479 g/mol. The zero-order valence-electron chi connectivity index (χ0n) is 20.3. The molecule has 0 atom stereocenters. The number of carbonyl (C=O) groups excluding carboxylic acids is 1. The SMILES string of the molecule is CC/C=C(C)/C=C/n1nc(-c2cc(Cl)cc(Cl)c2)cc1CCCC(=O)NCCCc1ccncc1. The van der Waals surface area contributed by atoms with Crippen molar-refractivity contribution >= 4 is 35.3 Å². The summed E-state index contributed by atoms with van der Waals surface area (Å²) in [5.74, 6) is 0.0740. The lowest BCUT2D eigenvalue weighted by Gasteiger charge is -2.06. The van der Waals surface area contributed by atoms with Crippen molar-refractivity contribution < 1.29 is 4.79 Å². The molecular formula is C28H32Cl2N4O. The van der Waals surface area contributed by atoms with Gasteiger partial charge in [-0.2, -0.15) is 5.10 Å². The van der Waals surface area contributed by atoms with Gasteiger partial charge in [-0.3, -0.25) is 9.78 Å². The maximum Gasteiger partial charge on any atom is 0.220 e. The molecule has 2 heterocycles. The minimum absolute atomic E-state index is 0.0740. The van der Waals surface area contributed by atoms with Gasteiger partial charge >= 0.3 is 0 Å². The second kappa shape index (κ2) is 13.9. The zero-order chi connectivity index (χ0) is 25.0. The molecule has 0 saturated heterocycles. The van der Waals surface area contributed by atoms with Crippen LogP contribution in [0.5, 0.6) is 0 Å². The van der Waals surface area contributed by atoms with E-state index in [1.165, 1.54) is 11.1 Å². The van der Waals surface area contributed by atoms with E-state index in [0.29, 0.717) is 23.0 Å². The van der Waals surface area contributed by atoms with Crippen LogP contribution in [0.25, 0.3) is 17.5 Å². The lowest BCUT2D eigenvalue weighted by atomic mass is 10.1. The Balaban J connectivity index is 1.59. The van der Waals surface area contributed by atoms with Crippen LogP contribution in [0.2, 0.25) is 10.0 Å². The maximum atomic E-state index is 12.3. The van der Waals surface area contributed by atoms with Crippen LogP contribution in [0.4, 0.5) is 0 Å². The molecule has 0 aliphatic rings. The number of halogens is 2. The van der Waals surface area contributed by atoms with Crippen molar-refractivity contribution in [1.29, 1.82) is 0 Å². The van der Waals surface area contributed by atoms with E-state index in [1.807, 2.05) is 47.3 Å². The average molecular weight is 511 g/mol. The van der Waals surface area contributed by atoms with Gasteiger partial charge in [-0.05, 0) is 87.1 Å². The van der Waals surface area contributed by atoms with Gasteiger partial charge in [0.2, 0.25) is 5.91 Å². The minimum atomic E-state index is 0.0740. The van der Waals surface area contributed by atoms with Crippen LogP contribution in [0.15, 0.2) is 66.5 Å². The van der Waals surface area contributed by atoms with Crippen LogP contribution < -0.4 is 5.32 Å². The molecule has 0 unspecified atom stereocenters. The average Bonchev–Trinajstić information content (AvgIpc) is 3.24. The monoisotopic (exact) mass is 510 g/mol. The number of hydrogen-bond donors (Lipinski definition) is 1. The van der Waals surface area contributed by atoms with E-state index < -0.39 is 0 Å². The van der Waals surface area contributed by atoms with E-state index >= 15 is 0 Å². The Labute approximate surface area is 217 Å². The highest BCUT2D eigenvalue weighted by molar-refractivity contribution is 6.35. The molecule has 0 aliphatic heterocycles. The zero-order valence-corrected chi connectivity index (χ0v) is 21.8. The number of carbonyl (C=O) groups is 1. The molecule has 0 spiro atoms. The van der Waals surface area contributed by atoms with Crippen LogP contribution in [-0.4, -0.2) is 27.2 Å². The molecule has 1 N–H and O–H groups in total. The fraction of sp³-hybridized carbons (Fsp3) is 0.321. The number of benzene rings is 1. The molecule has 184 valence electrons. The third-order valence-electron chi connectivity index (χ3n) is 5.53. The molecule has 1 amide bonds. The van der Waals surface area contributed by atoms with E-state index in [-0.39, 0.29) is 5.91 Å². The highest BCUT2D eigenvalue weighted by Gasteiger charge is 2.11. The number of allylic oxidation sites excluding steroid dienone is 3. The molecule has 1 aromatic carbocycles. The predicted molar refractivity (Wildman–Crippen MR) is 146 cm³/mol. The summed E-state index contributed by atoms with van der Waals surface area (Å²) in [6, 6.07) is 11.5. The Bertz CT molecular complexity index is 1150. The van der Waals surface area contributed by atoms with Crippen LogP contribution in [0.1, 0.15) is 50.8 Å². The van der Waals surface area contributed by atoms with Crippen LogP contribution in [0, 0.1) is 0 Å². The van der Waals surface area contributed by atoms with Crippen molar-refractivity contribution in [3.63, 3.8) is 0 Å². The van der Waals surface area contributed by atoms with Crippen molar-refractivity contribution in [2.75, 3.05) is 6.54 Å². The molecule has 0 fully saturated rings. The van der Waals surface area contributed by atoms with E-state index in [1.54, 1.807) is 18.5 Å². The first-order valence-corrected chi connectivity index (χ1v) is 12.8. The standard InChI is InChI=1S/C28H32Cl2N4O/c1-3-6-21(2)12-16-34-26(20-27(33-34)23-17-24(29)19-25(30)18-23)8-4-9-28(35)32-13-5-7-22-10-14-31-15-11-22/h6,10-12,14-20H,3-5,7-9,13H2,1-2H3,(H,32,35)/b16-12+,21-6+. The van der Waals surface area contributed by atoms with E-state index in [4.69, 9.17) is 28.3 Å². The highest BCUT2D eigenvalue weighted by Crippen LogP contribution is 2.27. The Hall–Kier alpha value is -2.89. The third kappa shape index (κ3) is 9.00. The number of aryl methyl sites for hydroxylation is 2. The Morgan fingerprint density at radius 3 is 2.51 bits per heavy atom. The summed E-state index contributed by atoms with van der Waals surface area (Å²) in [7, 11) is 0. The molecule has 5 nitrogen and oxygen atoms in total. The molecule has 7 heteroatoms. The van der Waals surface area contributed by atoms with Gasteiger partial charge in [-0.15, -0.1) is 0 Å². The number of aromatic nitrogens is 3. The molecule has 0 radical (unpaired) electrons. The second-order valence-electron chi connectivity index (χ2n) is 8.46. The van der Waals surface area contributed by atoms with Gasteiger partial charge in [-0.1, -0.05) is 41.8 Å². The van der Waals surface area contributed by atoms with Crippen molar-refractivity contribution in [1.82, 2.24) is 20.1 Å². The van der Waals surface area contributed by atoms with Crippen molar-refractivity contribution in [3.8, 4) is 11.3 Å². The lowest BCUT2D eigenvalue weighted by molar-refractivity contribution is -0.121. The van der Waals surface area contributed by atoms with Crippen LogP contribution >= 0.6 is 23.2 Å². The summed E-state index contributed by atoms with van der Waals surface area (Å²) in [6.45, 7) is 4.85. The van der Waals surface area contributed by atoms with Gasteiger partial charge in [0, 0.05) is 52.9 Å². The molecule has 3 aromatic rings. The van der Waals surface area contributed by atoms with Crippen LogP contribution in [-0.2, 0) is 17.6 Å². The Morgan fingerprint density at radius 1 is 1.06 bits per heavy atom. The Kier molecular flexibility index (Phi) is 10.6. The first kappa shape index (κ1) is 26.7. The molecule has 0 aliphatic carbocycles. The summed E-state index contributed by atoms with van der Waals surface area (Å²) < 4.78 is 1.88. The van der Waals surface area contributed by atoms with E-state index in [9.17, 15) is 4.79 Å². The van der Waals surface area contributed by atoms with Gasteiger partial charge in [-0.25, -0.2) is 4.68 Å². The predicted octanol–water partition coefficient (Wildman–Crippen LogP) is 7.15. The molecule has 0 bridgehead atoms. The van der Waals surface area contributed by atoms with Gasteiger partial charge < -0.3 is 5.32 Å². The Morgan fingerprint density at radius 2 is 1.80 bits per heavy atom.